The van der Waals surface area contributed by atoms with E-state index in [1.165, 1.54) is 5.56 Å². The van der Waals surface area contributed by atoms with E-state index in [1.54, 1.807) is 4.68 Å². The molecule has 1 atom stereocenters. The third-order valence-corrected chi connectivity index (χ3v) is 6.02. The van der Waals surface area contributed by atoms with Crippen molar-refractivity contribution in [3.8, 4) is 5.69 Å². The number of aryl methyl sites for hydroxylation is 2. The number of benzene rings is 3. The van der Waals surface area contributed by atoms with Crippen LogP contribution in [0.3, 0.4) is 0 Å². The molecule has 0 radical (unpaired) electrons. The molecule has 1 amide bonds. The predicted octanol–water partition coefficient (Wildman–Crippen LogP) is 5.21. The molecule has 0 spiro atoms. The molecule has 0 bridgehead atoms. The highest BCUT2D eigenvalue weighted by Crippen LogP contribution is 2.38. The Bertz CT molecular complexity index is 1340. The highest BCUT2D eigenvalue weighted by molar-refractivity contribution is 6.09. The molecule has 0 aliphatic carbocycles. The number of anilines is 1. The SMILES string of the molecule is CCc1cccc(-n2nc(C)c3c2NC(=O)CC3C(=O)c2ccc3ccccc3c2)c1. The third kappa shape index (κ3) is 3.32. The standard InChI is InChI=1S/C26H23N3O2/c1-3-17-7-6-10-21(13-17)29-26-24(16(2)28-29)22(15-23(30)27-26)25(31)20-12-11-18-8-4-5-9-19(18)14-20/h4-14,22H,3,15H2,1-2H3,(H,27,30). The second-order valence-electron chi connectivity index (χ2n) is 8.01. The van der Waals surface area contributed by atoms with Crippen molar-refractivity contribution in [1.29, 1.82) is 0 Å². The monoisotopic (exact) mass is 409 g/mol. The molecule has 1 N–H and O–H groups in total. The average molecular weight is 409 g/mol. The summed E-state index contributed by atoms with van der Waals surface area (Å²) in [6, 6.07) is 21.8. The lowest BCUT2D eigenvalue weighted by Gasteiger charge is -2.23. The Morgan fingerprint density at radius 2 is 1.87 bits per heavy atom. The van der Waals surface area contributed by atoms with Gasteiger partial charge in [0.05, 0.1) is 17.3 Å². The highest BCUT2D eigenvalue weighted by atomic mass is 16.2. The van der Waals surface area contributed by atoms with Crippen molar-refractivity contribution in [3.05, 3.63) is 89.1 Å². The maximum absolute atomic E-state index is 13.5. The summed E-state index contributed by atoms with van der Waals surface area (Å²) in [5.41, 5.74) is 4.24. The lowest BCUT2D eigenvalue weighted by molar-refractivity contribution is -0.116. The van der Waals surface area contributed by atoms with Gasteiger partial charge in [0.1, 0.15) is 5.82 Å². The number of amides is 1. The molecule has 3 aromatic carbocycles. The van der Waals surface area contributed by atoms with Crippen molar-refractivity contribution in [3.63, 3.8) is 0 Å². The second kappa shape index (κ2) is 7.51. The summed E-state index contributed by atoms with van der Waals surface area (Å²) in [7, 11) is 0. The molecule has 1 aliphatic heterocycles. The van der Waals surface area contributed by atoms with Crippen LogP contribution in [0.1, 0.15) is 46.4 Å². The first kappa shape index (κ1) is 19.2. The van der Waals surface area contributed by atoms with E-state index in [9.17, 15) is 9.59 Å². The van der Waals surface area contributed by atoms with E-state index in [0.717, 1.165) is 34.1 Å². The average Bonchev–Trinajstić information content (AvgIpc) is 3.13. The van der Waals surface area contributed by atoms with Gasteiger partial charge in [-0.3, -0.25) is 9.59 Å². The zero-order chi connectivity index (χ0) is 21.5. The summed E-state index contributed by atoms with van der Waals surface area (Å²) in [6.45, 7) is 4.00. The number of carbonyl (C=O) groups excluding carboxylic acids is 2. The number of rotatable bonds is 4. The van der Waals surface area contributed by atoms with Crippen molar-refractivity contribution in [2.45, 2.75) is 32.6 Å². The number of ketones is 1. The maximum Gasteiger partial charge on any atom is 0.226 e. The molecular weight excluding hydrogens is 386 g/mol. The van der Waals surface area contributed by atoms with Crippen molar-refractivity contribution in [2.75, 3.05) is 5.32 Å². The van der Waals surface area contributed by atoms with E-state index in [0.29, 0.717) is 11.4 Å². The number of Topliss-reactive ketones (excluding diaryl/α,β-unsaturated/α-hetero) is 1. The van der Waals surface area contributed by atoms with Crippen LogP contribution in [0.2, 0.25) is 0 Å². The van der Waals surface area contributed by atoms with Crippen LogP contribution in [0.4, 0.5) is 5.82 Å². The molecule has 31 heavy (non-hydrogen) atoms. The topological polar surface area (TPSA) is 64.0 Å². The fourth-order valence-electron chi connectivity index (χ4n) is 4.41. The summed E-state index contributed by atoms with van der Waals surface area (Å²) in [5, 5.41) is 9.75. The summed E-state index contributed by atoms with van der Waals surface area (Å²) in [6.07, 6.45) is 1.03. The second-order valence-corrected chi connectivity index (χ2v) is 8.01. The van der Waals surface area contributed by atoms with E-state index in [4.69, 9.17) is 5.10 Å². The quantitative estimate of drug-likeness (QED) is 0.471. The Balaban J connectivity index is 1.60. The van der Waals surface area contributed by atoms with Gasteiger partial charge >= 0.3 is 0 Å². The van der Waals surface area contributed by atoms with Crippen molar-refractivity contribution >= 4 is 28.3 Å². The molecule has 1 aliphatic rings. The number of hydrogen-bond donors (Lipinski definition) is 1. The molecule has 2 heterocycles. The number of carbonyl (C=O) groups is 2. The zero-order valence-electron chi connectivity index (χ0n) is 17.6. The van der Waals surface area contributed by atoms with Gasteiger partial charge in [-0.15, -0.1) is 0 Å². The molecule has 5 heteroatoms. The van der Waals surface area contributed by atoms with E-state index in [1.807, 2.05) is 61.5 Å². The molecule has 0 fully saturated rings. The minimum atomic E-state index is -0.548. The summed E-state index contributed by atoms with van der Waals surface area (Å²) < 4.78 is 1.75. The van der Waals surface area contributed by atoms with Gasteiger partial charge in [-0.25, -0.2) is 4.68 Å². The molecule has 0 saturated heterocycles. The van der Waals surface area contributed by atoms with Crippen LogP contribution < -0.4 is 5.32 Å². The number of fused-ring (bicyclic) bond motifs is 2. The number of nitrogens with zero attached hydrogens (tertiary/aromatic N) is 2. The van der Waals surface area contributed by atoms with Crippen LogP contribution in [-0.2, 0) is 11.2 Å². The molecule has 5 nitrogen and oxygen atoms in total. The van der Waals surface area contributed by atoms with Crippen LogP contribution >= 0.6 is 0 Å². The molecular formula is C26H23N3O2. The first-order chi connectivity index (χ1) is 15.0. The summed E-state index contributed by atoms with van der Waals surface area (Å²) in [5.74, 6) is -0.166. The van der Waals surface area contributed by atoms with Crippen LogP contribution in [-0.4, -0.2) is 21.5 Å². The Labute approximate surface area is 180 Å². The molecule has 154 valence electrons. The van der Waals surface area contributed by atoms with Gasteiger partial charge in [0.15, 0.2) is 5.78 Å². The van der Waals surface area contributed by atoms with Gasteiger partial charge in [0.25, 0.3) is 0 Å². The lowest BCUT2D eigenvalue weighted by atomic mass is 9.85. The van der Waals surface area contributed by atoms with Gasteiger partial charge in [0.2, 0.25) is 5.91 Å². The largest absolute Gasteiger partial charge is 0.310 e. The molecule has 0 saturated carbocycles. The van der Waals surface area contributed by atoms with E-state index >= 15 is 0 Å². The highest BCUT2D eigenvalue weighted by Gasteiger charge is 2.36. The van der Waals surface area contributed by atoms with Gasteiger partial charge < -0.3 is 5.32 Å². The van der Waals surface area contributed by atoms with Crippen LogP contribution in [0.15, 0.2) is 66.7 Å². The predicted molar refractivity (Wildman–Crippen MR) is 122 cm³/mol. The first-order valence-electron chi connectivity index (χ1n) is 10.6. The molecule has 5 rings (SSSR count). The fraction of sp³-hybridized carbons (Fsp3) is 0.192. The van der Waals surface area contributed by atoms with Crippen molar-refractivity contribution < 1.29 is 9.59 Å². The van der Waals surface area contributed by atoms with Gasteiger partial charge in [-0.05, 0) is 47.9 Å². The van der Waals surface area contributed by atoms with Crippen LogP contribution in [0, 0.1) is 6.92 Å². The van der Waals surface area contributed by atoms with E-state index in [-0.39, 0.29) is 18.1 Å². The van der Waals surface area contributed by atoms with Gasteiger partial charge in [-0.1, -0.05) is 55.5 Å². The smallest absolute Gasteiger partial charge is 0.226 e. The summed E-state index contributed by atoms with van der Waals surface area (Å²) in [4.78, 5) is 26.1. The summed E-state index contributed by atoms with van der Waals surface area (Å²) >= 11 is 0. The van der Waals surface area contributed by atoms with E-state index in [2.05, 4.69) is 24.4 Å². The van der Waals surface area contributed by atoms with Crippen LogP contribution in [0.5, 0.6) is 0 Å². The van der Waals surface area contributed by atoms with Gasteiger partial charge in [0, 0.05) is 17.5 Å². The van der Waals surface area contributed by atoms with Crippen molar-refractivity contribution in [2.24, 2.45) is 0 Å². The molecule has 1 unspecified atom stereocenters. The Morgan fingerprint density at radius 1 is 1.06 bits per heavy atom. The number of nitrogens with one attached hydrogen (secondary N) is 1. The fourth-order valence-corrected chi connectivity index (χ4v) is 4.41. The third-order valence-electron chi connectivity index (χ3n) is 6.02. The van der Waals surface area contributed by atoms with Crippen molar-refractivity contribution in [1.82, 2.24) is 9.78 Å². The normalized spacial score (nSPS) is 15.5. The Morgan fingerprint density at radius 3 is 2.68 bits per heavy atom. The van der Waals surface area contributed by atoms with Crippen LogP contribution in [0.25, 0.3) is 16.5 Å². The maximum atomic E-state index is 13.5. The molecule has 1 aromatic heterocycles. The van der Waals surface area contributed by atoms with Gasteiger partial charge in [-0.2, -0.15) is 5.10 Å². The Hall–Kier alpha value is -3.73. The number of hydrogen-bond acceptors (Lipinski definition) is 3. The number of aromatic nitrogens is 2. The minimum absolute atomic E-state index is 0.0492. The minimum Gasteiger partial charge on any atom is -0.310 e. The zero-order valence-corrected chi connectivity index (χ0v) is 17.6. The lowest BCUT2D eigenvalue weighted by Crippen LogP contribution is -2.28. The first-order valence-corrected chi connectivity index (χ1v) is 10.6. The van der Waals surface area contributed by atoms with E-state index < -0.39 is 5.92 Å². The Kier molecular flexibility index (Phi) is 4.66. The molecule has 4 aromatic rings.